The number of benzene rings is 1. The number of hydrogen-bond donors (Lipinski definition) is 0. The molecule has 0 saturated heterocycles. The van der Waals surface area contributed by atoms with E-state index in [1.807, 2.05) is 13.0 Å². The molecule has 3 rings (SSSR count). The van der Waals surface area contributed by atoms with E-state index in [0.29, 0.717) is 0 Å². The van der Waals surface area contributed by atoms with Crippen LogP contribution >= 0.6 is 0 Å². The molecule has 0 fully saturated rings. The van der Waals surface area contributed by atoms with E-state index in [0.717, 1.165) is 72.0 Å². The molecule has 0 radical (unpaired) electrons. The second kappa shape index (κ2) is 9.98. The zero-order chi connectivity index (χ0) is 23.6. The van der Waals surface area contributed by atoms with Crippen LogP contribution in [0.5, 0.6) is 0 Å². The SMILES string of the molecule is C=CC(C)C(/C=C(\C)c1nc2cc(F)c(C)c3c2c(c1CC)CCC3)=C(\CCC)C(=C)C. The highest BCUT2D eigenvalue weighted by molar-refractivity contribution is 5.91. The molecular formula is C30H38FN. The first kappa shape index (κ1) is 24.2. The van der Waals surface area contributed by atoms with Gasteiger partial charge in [-0.25, -0.2) is 9.37 Å². The average molecular weight is 432 g/mol. The Morgan fingerprint density at radius 2 is 1.91 bits per heavy atom. The topological polar surface area (TPSA) is 12.9 Å². The van der Waals surface area contributed by atoms with Gasteiger partial charge < -0.3 is 0 Å². The first-order valence-electron chi connectivity index (χ1n) is 12.1. The van der Waals surface area contributed by atoms with Gasteiger partial charge in [-0.2, -0.15) is 0 Å². The summed E-state index contributed by atoms with van der Waals surface area (Å²) >= 11 is 0. The molecule has 0 amide bonds. The van der Waals surface area contributed by atoms with Crippen LogP contribution in [0.4, 0.5) is 4.39 Å². The minimum Gasteiger partial charge on any atom is -0.248 e. The molecule has 32 heavy (non-hydrogen) atoms. The lowest BCUT2D eigenvalue weighted by molar-refractivity contribution is 0.615. The van der Waals surface area contributed by atoms with Gasteiger partial charge in [0.05, 0.1) is 11.2 Å². The van der Waals surface area contributed by atoms with Gasteiger partial charge in [0.25, 0.3) is 0 Å². The molecule has 170 valence electrons. The van der Waals surface area contributed by atoms with Crippen molar-refractivity contribution in [1.82, 2.24) is 4.98 Å². The number of pyridine rings is 1. The lowest BCUT2D eigenvalue weighted by Gasteiger charge is -2.24. The van der Waals surface area contributed by atoms with Gasteiger partial charge in [-0.15, -0.1) is 6.58 Å². The summed E-state index contributed by atoms with van der Waals surface area (Å²) in [5.74, 6) is 0.0804. The number of halogens is 1. The largest absolute Gasteiger partial charge is 0.248 e. The van der Waals surface area contributed by atoms with Gasteiger partial charge in [0.2, 0.25) is 0 Å². The van der Waals surface area contributed by atoms with E-state index in [9.17, 15) is 4.39 Å². The molecule has 2 heteroatoms. The third kappa shape index (κ3) is 4.37. The number of aryl methyl sites for hydroxylation is 2. The third-order valence-corrected chi connectivity index (χ3v) is 6.98. The van der Waals surface area contributed by atoms with E-state index in [1.165, 1.54) is 27.7 Å². The van der Waals surface area contributed by atoms with Crippen molar-refractivity contribution in [1.29, 1.82) is 0 Å². The van der Waals surface area contributed by atoms with Crippen LogP contribution in [0.2, 0.25) is 0 Å². The monoisotopic (exact) mass is 431 g/mol. The van der Waals surface area contributed by atoms with Crippen molar-refractivity contribution in [2.45, 2.75) is 80.1 Å². The molecule has 1 aromatic heterocycles. The van der Waals surface area contributed by atoms with Crippen LogP contribution in [0.25, 0.3) is 16.5 Å². The molecule has 1 aromatic carbocycles. The van der Waals surface area contributed by atoms with Gasteiger partial charge in [-0.05, 0) is 97.8 Å². The smallest absolute Gasteiger partial charge is 0.128 e. The molecule has 1 unspecified atom stereocenters. The van der Waals surface area contributed by atoms with Crippen molar-refractivity contribution in [3.63, 3.8) is 0 Å². The van der Waals surface area contributed by atoms with Crippen molar-refractivity contribution in [2.24, 2.45) is 5.92 Å². The third-order valence-electron chi connectivity index (χ3n) is 6.98. The normalized spacial score (nSPS) is 15.5. The van der Waals surface area contributed by atoms with Crippen LogP contribution in [0.3, 0.4) is 0 Å². The predicted molar refractivity (Wildman–Crippen MR) is 138 cm³/mol. The standard InChI is InChI=1S/C30H38FN/c1-9-13-23(18(4)5)26(19(6)10-2)16-20(7)30-22(11-3)25-15-12-14-24-21(8)27(31)17-28(32-30)29(24)25/h10,16-17,19H,2,4,9,11-15H2,1,3,5-8H3/b20-16+,26-23+. The quantitative estimate of drug-likeness (QED) is 0.301. The van der Waals surface area contributed by atoms with Crippen LogP contribution in [0.15, 0.2) is 48.1 Å². The van der Waals surface area contributed by atoms with Gasteiger partial charge in [0, 0.05) is 11.5 Å². The minimum atomic E-state index is -0.141. The predicted octanol–water partition coefficient (Wildman–Crippen LogP) is 8.63. The average Bonchev–Trinajstić information content (AvgIpc) is 2.78. The summed E-state index contributed by atoms with van der Waals surface area (Å²) < 4.78 is 14.7. The highest BCUT2D eigenvalue weighted by Crippen LogP contribution is 2.38. The van der Waals surface area contributed by atoms with Crippen LogP contribution in [0, 0.1) is 18.7 Å². The van der Waals surface area contributed by atoms with Crippen LogP contribution < -0.4 is 0 Å². The van der Waals surface area contributed by atoms with E-state index >= 15 is 0 Å². The molecule has 1 aliphatic rings. The molecule has 0 aliphatic heterocycles. The Kier molecular flexibility index (Phi) is 7.54. The Morgan fingerprint density at radius 3 is 2.50 bits per heavy atom. The highest BCUT2D eigenvalue weighted by Gasteiger charge is 2.23. The van der Waals surface area contributed by atoms with Crippen molar-refractivity contribution < 1.29 is 4.39 Å². The second-order valence-electron chi connectivity index (χ2n) is 9.30. The number of allylic oxidation sites excluding steroid dienone is 6. The molecule has 1 atom stereocenters. The first-order chi connectivity index (χ1) is 15.2. The fourth-order valence-corrected chi connectivity index (χ4v) is 5.21. The molecule has 0 spiro atoms. The summed E-state index contributed by atoms with van der Waals surface area (Å²) in [7, 11) is 0. The Bertz CT molecular complexity index is 1130. The van der Waals surface area contributed by atoms with Gasteiger partial charge in [0.15, 0.2) is 0 Å². The highest BCUT2D eigenvalue weighted by atomic mass is 19.1. The Hall–Kier alpha value is -2.48. The maximum absolute atomic E-state index is 14.7. The van der Waals surface area contributed by atoms with Crippen molar-refractivity contribution in [2.75, 3.05) is 0 Å². The lowest BCUT2D eigenvalue weighted by Crippen LogP contribution is -2.11. The zero-order valence-corrected chi connectivity index (χ0v) is 20.8. The summed E-state index contributed by atoms with van der Waals surface area (Å²) in [4.78, 5) is 5.06. The van der Waals surface area contributed by atoms with E-state index < -0.39 is 0 Å². The molecule has 0 saturated carbocycles. The molecule has 1 aliphatic carbocycles. The molecule has 0 N–H and O–H groups in total. The van der Waals surface area contributed by atoms with E-state index in [4.69, 9.17) is 4.98 Å². The Labute approximate surface area is 193 Å². The molecule has 1 nitrogen and oxygen atoms in total. The van der Waals surface area contributed by atoms with Gasteiger partial charge in [-0.1, -0.05) is 51.5 Å². The lowest BCUT2D eigenvalue weighted by atomic mass is 9.82. The Balaban J connectivity index is 2.31. The number of aromatic nitrogens is 1. The van der Waals surface area contributed by atoms with Crippen LogP contribution in [-0.2, 0) is 19.3 Å². The van der Waals surface area contributed by atoms with Crippen molar-refractivity contribution in [3.8, 4) is 0 Å². The minimum absolute atomic E-state index is 0.141. The van der Waals surface area contributed by atoms with Gasteiger partial charge >= 0.3 is 0 Å². The Morgan fingerprint density at radius 1 is 1.22 bits per heavy atom. The van der Waals surface area contributed by atoms with Gasteiger partial charge in [-0.3, -0.25) is 0 Å². The molecule has 2 aromatic rings. The molecular weight excluding hydrogens is 393 g/mol. The number of nitrogens with zero attached hydrogens (tertiary/aromatic N) is 1. The fourth-order valence-electron chi connectivity index (χ4n) is 5.21. The summed E-state index contributed by atoms with van der Waals surface area (Å²) in [5.41, 5.74) is 11.3. The second-order valence-corrected chi connectivity index (χ2v) is 9.30. The van der Waals surface area contributed by atoms with E-state index in [2.05, 4.69) is 53.9 Å². The van der Waals surface area contributed by atoms with E-state index in [-0.39, 0.29) is 11.7 Å². The zero-order valence-electron chi connectivity index (χ0n) is 20.8. The van der Waals surface area contributed by atoms with Crippen molar-refractivity contribution >= 4 is 16.5 Å². The summed E-state index contributed by atoms with van der Waals surface area (Å²) in [6.07, 6.45) is 10.3. The fraction of sp³-hybridized carbons (Fsp3) is 0.433. The summed E-state index contributed by atoms with van der Waals surface area (Å²) in [6.45, 7) is 21.0. The van der Waals surface area contributed by atoms with E-state index in [1.54, 1.807) is 6.07 Å². The van der Waals surface area contributed by atoms with Crippen LogP contribution in [0.1, 0.15) is 81.8 Å². The number of rotatable bonds is 8. The molecule has 1 heterocycles. The summed E-state index contributed by atoms with van der Waals surface area (Å²) in [5, 5.41) is 1.20. The van der Waals surface area contributed by atoms with Crippen LogP contribution in [-0.4, -0.2) is 4.98 Å². The van der Waals surface area contributed by atoms with Crippen molar-refractivity contribution in [3.05, 3.63) is 81.9 Å². The van der Waals surface area contributed by atoms with Gasteiger partial charge in [0.1, 0.15) is 5.82 Å². The number of hydrogen-bond acceptors (Lipinski definition) is 1. The summed E-state index contributed by atoms with van der Waals surface area (Å²) in [6, 6.07) is 1.64. The first-order valence-corrected chi connectivity index (χ1v) is 12.1. The maximum Gasteiger partial charge on any atom is 0.128 e. The molecule has 0 bridgehead atoms. The maximum atomic E-state index is 14.7.